The van der Waals surface area contributed by atoms with Crippen LogP contribution in [-0.2, 0) is 9.53 Å². The van der Waals surface area contributed by atoms with Crippen molar-refractivity contribution >= 4 is 23.2 Å². The van der Waals surface area contributed by atoms with E-state index in [1.54, 1.807) is 0 Å². The number of carbonyl (C=O) groups is 1. The van der Waals surface area contributed by atoms with Gasteiger partial charge in [-0.3, -0.25) is 4.79 Å². The maximum Gasteiger partial charge on any atom is 0.231 e. The predicted molar refractivity (Wildman–Crippen MR) is 71.8 cm³/mol. The lowest BCUT2D eigenvalue weighted by molar-refractivity contribution is -0.127. The standard InChI is InChI=1S/C12H22N2O2S/c1-8-6-14(7-9(2)16-8)11(17)13-10(15)12(3,4)5/h8-9H,6-7H2,1-5H3,(H,13,15,17)/t8-,9-/m0/s1. The van der Waals surface area contributed by atoms with Gasteiger partial charge in [0.15, 0.2) is 5.11 Å². The molecule has 1 N–H and O–H groups in total. The molecule has 0 aromatic heterocycles. The molecule has 17 heavy (non-hydrogen) atoms. The molecule has 0 aliphatic carbocycles. The molecule has 1 aliphatic rings. The highest BCUT2D eigenvalue weighted by molar-refractivity contribution is 7.80. The van der Waals surface area contributed by atoms with E-state index in [0.717, 1.165) is 13.1 Å². The van der Waals surface area contributed by atoms with Crippen LogP contribution in [0.1, 0.15) is 34.6 Å². The normalized spacial score (nSPS) is 25.6. The number of hydrogen-bond donors (Lipinski definition) is 1. The second kappa shape index (κ2) is 5.31. The molecule has 1 heterocycles. The lowest BCUT2D eigenvalue weighted by Crippen LogP contribution is -2.54. The van der Waals surface area contributed by atoms with E-state index in [0.29, 0.717) is 5.11 Å². The van der Waals surface area contributed by atoms with E-state index < -0.39 is 5.41 Å². The molecule has 5 heteroatoms. The van der Waals surface area contributed by atoms with Crippen molar-refractivity contribution in [1.29, 1.82) is 0 Å². The van der Waals surface area contributed by atoms with Crippen molar-refractivity contribution in [3.8, 4) is 0 Å². The number of thiocarbonyl (C=S) groups is 1. The molecule has 1 aliphatic heterocycles. The molecule has 4 nitrogen and oxygen atoms in total. The maximum absolute atomic E-state index is 11.8. The van der Waals surface area contributed by atoms with Gasteiger partial charge in [-0.25, -0.2) is 0 Å². The van der Waals surface area contributed by atoms with Crippen molar-refractivity contribution < 1.29 is 9.53 Å². The summed E-state index contributed by atoms with van der Waals surface area (Å²) in [5.74, 6) is -0.0469. The lowest BCUT2D eigenvalue weighted by Gasteiger charge is -2.37. The van der Waals surface area contributed by atoms with E-state index >= 15 is 0 Å². The molecule has 0 saturated carbocycles. The van der Waals surface area contributed by atoms with Crippen LogP contribution in [-0.4, -0.2) is 41.2 Å². The Morgan fingerprint density at radius 1 is 1.29 bits per heavy atom. The molecule has 2 atom stereocenters. The van der Waals surface area contributed by atoms with Crippen molar-refractivity contribution in [2.45, 2.75) is 46.8 Å². The van der Waals surface area contributed by atoms with Crippen LogP contribution in [0.25, 0.3) is 0 Å². The fourth-order valence-electron chi connectivity index (χ4n) is 1.71. The number of ether oxygens (including phenoxy) is 1. The van der Waals surface area contributed by atoms with Crippen LogP contribution in [0.4, 0.5) is 0 Å². The Balaban J connectivity index is 2.56. The summed E-state index contributed by atoms with van der Waals surface area (Å²) in [5.41, 5.74) is -0.423. The average molecular weight is 258 g/mol. The van der Waals surface area contributed by atoms with Crippen LogP contribution < -0.4 is 5.32 Å². The van der Waals surface area contributed by atoms with Crippen molar-refractivity contribution in [3.63, 3.8) is 0 Å². The summed E-state index contributed by atoms with van der Waals surface area (Å²) in [4.78, 5) is 13.8. The Morgan fingerprint density at radius 3 is 2.18 bits per heavy atom. The highest BCUT2D eigenvalue weighted by atomic mass is 32.1. The first kappa shape index (κ1) is 14.4. The van der Waals surface area contributed by atoms with E-state index in [1.807, 2.05) is 39.5 Å². The largest absolute Gasteiger partial charge is 0.372 e. The first-order chi connectivity index (χ1) is 7.70. The Kier molecular flexibility index (Phi) is 4.49. The molecule has 1 rings (SSSR count). The van der Waals surface area contributed by atoms with Gasteiger partial charge in [-0.05, 0) is 26.1 Å². The van der Waals surface area contributed by atoms with Crippen LogP contribution in [0, 0.1) is 5.41 Å². The lowest BCUT2D eigenvalue weighted by atomic mass is 9.96. The summed E-state index contributed by atoms with van der Waals surface area (Å²) >= 11 is 5.26. The highest BCUT2D eigenvalue weighted by Gasteiger charge is 2.27. The minimum Gasteiger partial charge on any atom is -0.372 e. The molecule has 0 radical (unpaired) electrons. The summed E-state index contributed by atoms with van der Waals surface area (Å²) in [6.45, 7) is 11.1. The zero-order chi connectivity index (χ0) is 13.2. The van der Waals surface area contributed by atoms with E-state index in [4.69, 9.17) is 17.0 Å². The van der Waals surface area contributed by atoms with Crippen molar-refractivity contribution in [2.75, 3.05) is 13.1 Å². The number of carbonyl (C=O) groups excluding carboxylic acids is 1. The van der Waals surface area contributed by atoms with Gasteiger partial charge in [0.25, 0.3) is 0 Å². The zero-order valence-electron chi connectivity index (χ0n) is 11.2. The van der Waals surface area contributed by atoms with E-state index in [2.05, 4.69) is 5.32 Å². The number of nitrogens with zero attached hydrogens (tertiary/aromatic N) is 1. The van der Waals surface area contributed by atoms with Crippen molar-refractivity contribution in [3.05, 3.63) is 0 Å². The van der Waals surface area contributed by atoms with Crippen LogP contribution in [0.3, 0.4) is 0 Å². The third-order valence-electron chi connectivity index (χ3n) is 2.61. The van der Waals surface area contributed by atoms with E-state index in [-0.39, 0.29) is 18.1 Å². The van der Waals surface area contributed by atoms with Crippen LogP contribution in [0.5, 0.6) is 0 Å². The number of amides is 1. The Morgan fingerprint density at radius 2 is 1.76 bits per heavy atom. The molecule has 0 aromatic rings. The molecule has 0 unspecified atom stereocenters. The molecule has 0 spiro atoms. The van der Waals surface area contributed by atoms with Gasteiger partial charge in [-0.2, -0.15) is 0 Å². The molecule has 0 bridgehead atoms. The first-order valence-corrected chi connectivity index (χ1v) is 6.37. The van der Waals surface area contributed by atoms with Crippen LogP contribution >= 0.6 is 12.2 Å². The fraction of sp³-hybridized carbons (Fsp3) is 0.833. The SMILES string of the molecule is C[C@H]1CN(C(=S)NC(=O)C(C)(C)C)C[C@H](C)O1. The molecule has 0 aromatic carbocycles. The second-order valence-corrected chi connectivity index (χ2v) is 6.06. The van der Waals surface area contributed by atoms with Gasteiger partial charge in [-0.15, -0.1) is 0 Å². The monoisotopic (exact) mass is 258 g/mol. The Hall–Kier alpha value is -0.680. The number of hydrogen-bond acceptors (Lipinski definition) is 3. The average Bonchev–Trinajstić information content (AvgIpc) is 2.14. The van der Waals surface area contributed by atoms with Gasteiger partial charge in [0.05, 0.1) is 12.2 Å². The molecular weight excluding hydrogens is 236 g/mol. The topological polar surface area (TPSA) is 41.6 Å². The Labute approximate surface area is 109 Å². The third kappa shape index (κ3) is 4.24. The smallest absolute Gasteiger partial charge is 0.231 e. The Bertz CT molecular complexity index is 302. The third-order valence-corrected chi connectivity index (χ3v) is 2.97. The summed E-state index contributed by atoms with van der Waals surface area (Å²) in [5, 5.41) is 3.30. The van der Waals surface area contributed by atoms with Gasteiger partial charge in [0, 0.05) is 18.5 Å². The quantitative estimate of drug-likeness (QED) is 0.669. The molecular formula is C12H22N2O2S. The number of rotatable bonds is 0. The maximum atomic E-state index is 11.8. The summed E-state index contributed by atoms with van der Waals surface area (Å²) in [6.07, 6.45) is 0.284. The van der Waals surface area contributed by atoms with Gasteiger partial charge in [0.1, 0.15) is 0 Å². The van der Waals surface area contributed by atoms with Crippen LogP contribution in [0.15, 0.2) is 0 Å². The van der Waals surface area contributed by atoms with E-state index in [1.165, 1.54) is 0 Å². The van der Waals surface area contributed by atoms with Crippen LogP contribution in [0.2, 0.25) is 0 Å². The first-order valence-electron chi connectivity index (χ1n) is 5.96. The summed E-state index contributed by atoms with van der Waals surface area (Å²) in [6, 6.07) is 0. The predicted octanol–water partition coefficient (Wildman–Crippen LogP) is 1.54. The second-order valence-electron chi connectivity index (χ2n) is 5.67. The van der Waals surface area contributed by atoms with Gasteiger partial charge >= 0.3 is 0 Å². The van der Waals surface area contributed by atoms with Crippen molar-refractivity contribution in [1.82, 2.24) is 10.2 Å². The summed E-state index contributed by atoms with van der Waals surface area (Å²) in [7, 11) is 0. The minimum atomic E-state index is -0.423. The van der Waals surface area contributed by atoms with Gasteiger partial charge < -0.3 is 15.0 Å². The minimum absolute atomic E-state index is 0.0469. The molecule has 1 fully saturated rings. The number of nitrogens with one attached hydrogen (secondary N) is 1. The molecule has 1 amide bonds. The highest BCUT2D eigenvalue weighted by Crippen LogP contribution is 2.14. The fourth-order valence-corrected chi connectivity index (χ4v) is 1.95. The zero-order valence-corrected chi connectivity index (χ0v) is 12.1. The summed E-state index contributed by atoms with van der Waals surface area (Å²) < 4.78 is 5.62. The number of morpholine rings is 1. The molecule has 98 valence electrons. The van der Waals surface area contributed by atoms with E-state index in [9.17, 15) is 4.79 Å². The van der Waals surface area contributed by atoms with Gasteiger partial charge in [0.2, 0.25) is 5.91 Å². The van der Waals surface area contributed by atoms with Crippen molar-refractivity contribution in [2.24, 2.45) is 5.41 Å². The van der Waals surface area contributed by atoms with Gasteiger partial charge in [-0.1, -0.05) is 20.8 Å². The molecule has 1 saturated heterocycles.